The quantitative estimate of drug-likeness (QED) is 0.855. The fourth-order valence-electron chi connectivity index (χ4n) is 3.17. The van der Waals surface area contributed by atoms with Crippen LogP contribution in [0.2, 0.25) is 0 Å². The van der Waals surface area contributed by atoms with Crippen molar-refractivity contribution in [2.75, 3.05) is 53.5 Å². The fourth-order valence-corrected chi connectivity index (χ4v) is 3.17. The van der Waals surface area contributed by atoms with Gasteiger partial charge in [0.25, 0.3) is 5.91 Å². The maximum atomic E-state index is 12.4. The zero-order chi connectivity index (χ0) is 15.5. The molecular formula is C16H23N3O3. The van der Waals surface area contributed by atoms with E-state index in [1.165, 1.54) is 0 Å². The third kappa shape index (κ3) is 3.18. The number of carbonyl (C=O) groups excluding carboxylic acids is 1. The second-order valence-electron chi connectivity index (χ2n) is 5.80. The fraction of sp³-hybridized carbons (Fsp3) is 0.562. The molecule has 1 amide bonds. The van der Waals surface area contributed by atoms with Gasteiger partial charge in [0.15, 0.2) is 0 Å². The maximum Gasteiger partial charge on any atom is 0.251 e. The first-order valence-corrected chi connectivity index (χ1v) is 7.67. The lowest BCUT2D eigenvalue weighted by molar-refractivity contribution is 0.0138. The SMILES string of the molecule is COc1cc(OC)cc(C(=O)NCC2CN3CCN2CC3)c1. The minimum Gasteiger partial charge on any atom is -0.497 e. The van der Waals surface area contributed by atoms with Gasteiger partial charge < -0.3 is 14.8 Å². The van der Waals surface area contributed by atoms with Gasteiger partial charge in [0.05, 0.1) is 14.2 Å². The van der Waals surface area contributed by atoms with Crippen LogP contribution in [0.25, 0.3) is 0 Å². The standard InChI is InChI=1S/C16H23N3O3/c1-21-14-7-12(8-15(9-14)22-2)16(20)17-10-13-11-18-3-5-19(13)6-4-18/h7-9,13H,3-6,10-11H2,1-2H3,(H,17,20). The van der Waals surface area contributed by atoms with E-state index in [-0.39, 0.29) is 5.91 Å². The molecule has 1 N–H and O–H groups in total. The summed E-state index contributed by atoms with van der Waals surface area (Å²) in [6, 6.07) is 5.64. The molecule has 120 valence electrons. The molecule has 3 heterocycles. The second kappa shape index (κ2) is 6.54. The number of carbonyl (C=O) groups is 1. The molecular weight excluding hydrogens is 282 g/mol. The van der Waals surface area contributed by atoms with Gasteiger partial charge in [-0.15, -0.1) is 0 Å². The highest BCUT2D eigenvalue weighted by Crippen LogP contribution is 2.22. The van der Waals surface area contributed by atoms with E-state index in [2.05, 4.69) is 15.1 Å². The number of nitrogens with zero attached hydrogens (tertiary/aromatic N) is 2. The lowest BCUT2D eigenvalue weighted by atomic mass is 10.1. The van der Waals surface area contributed by atoms with Crippen LogP contribution in [0, 0.1) is 0 Å². The summed E-state index contributed by atoms with van der Waals surface area (Å²) in [6.45, 7) is 6.23. The van der Waals surface area contributed by atoms with E-state index in [4.69, 9.17) is 9.47 Å². The highest BCUT2D eigenvalue weighted by atomic mass is 16.5. The van der Waals surface area contributed by atoms with Crippen LogP contribution < -0.4 is 14.8 Å². The molecule has 3 aliphatic heterocycles. The van der Waals surface area contributed by atoms with E-state index in [0.29, 0.717) is 29.6 Å². The van der Waals surface area contributed by atoms with Gasteiger partial charge >= 0.3 is 0 Å². The summed E-state index contributed by atoms with van der Waals surface area (Å²) in [5.74, 6) is 1.15. The summed E-state index contributed by atoms with van der Waals surface area (Å²) in [5.41, 5.74) is 0.562. The molecule has 6 heteroatoms. The van der Waals surface area contributed by atoms with E-state index in [0.717, 1.165) is 32.7 Å². The van der Waals surface area contributed by atoms with Crippen molar-refractivity contribution in [2.45, 2.75) is 6.04 Å². The summed E-state index contributed by atoms with van der Waals surface area (Å²) < 4.78 is 10.4. The van der Waals surface area contributed by atoms with Crippen LogP contribution in [0.4, 0.5) is 0 Å². The Labute approximate surface area is 131 Å². The first kappa shape index (κ1) is 15.1. The predicted octanol–water partition coefficient (Wildman–Crippen LogP) is 0.433. The van der Waals surface area contributed by atoms with Crippen LogP contribution >= 0.6 is 0 Å². The third-order valence-electron chi connectivity index (χ3n) is 4.50. The number of nitrogens with one attached hydrogen (secondary N) is 1. The number of fused-ring (bicyclic) bond motifs is 3. The minimum atomic E-state index is -0.0881. The first-order valence-electron chi connectivity index (χ1n) is 7.67. The normalized spacial score (nSPS) is 26.5. The van der Waals surface area contributed by atoms with E-state index < -0.39 is 0 Å². The number of methoxy groups -OCH3 is 2. The summed E-state index contributed by atoms with van der Waals surface area (Å²) >= 11 is 0. The van der Waals surface area contributed by atoms with Gasteiger partial charge in [0, 0.05) is 56.9 Å². The average Bonchev–Trinajstić information content (AvgIpc) is 2.60. The molecule has 2 bridgehead atoms. The average molecular weight is 305 g/mol. The van der Waals surface area contributed by atoms with E-state index in [1.807, 2.05) is 0 Å². The van der Waals surface area contributed by atoms with Crippen molar-refractivity contribution in [3.05, 3.63) is 23.8 Å². The van der Waals surface area contributed by atoms with E-state index >= 15 is 0 Å². The highest BCUT2D eigenvalue weighted by Gasteiger charge is 2.31. The monoisotopic (exact) mass is 305 g/mol. The van der Waals surface area contributed by atoms with Crippen molar-refractivity contribution in [3.63, 3.8) is 0 Å². The van der Waals surface area contributed by atoms with E-state index in [1.54, 1.807) is 32.4 Å². The maximum absolute atomic E-state index is 12.4. The Hall–Kier alpha value is -1.79. The second-order valence-corrected chi connectivity index (χ2v) is 5.80. The molecule has 0 aliphatic carbocycles. The zero-order valence-corrected chi connectivity index (χ0v) is 13.2. The highest BCUT2D eigenvalue weighted by molar-refractivity contribution is 5.95. The van der Waals surface area contributed by atoms with Crippen molar-refractivity contribution < 1.29 is 14.3 Å². The molecule has 0 spiro atoms. The van der Waals surface area contributed by atoms with Crippen molar-refractivity contribution >= 4 is 5.91 Å². The summed E-state index contributed by atoms with van der Waals surface area (Å²) in [4.78, 5) is 17.3. The Kier molecular flexibility index (Phi) is 4.49. The van der Waals surface area contributed by atoms with Crippen molar-refractivity contribution in [1.82, 2.24) is 15.1 Å². The van der Waals surface area contributed by atoms with Gasteiger partial charge in [0.1, 0.15) is 11.5 Å². The van der Waals surface area contributed by atoms with Crippen LogP contribution in [-0.4, -0.2) is 75.2 Å². The van der Waals surface area contributed by atoms with Crippen LogP contribution in [-0.2, 0) is 0 Å². The molecule has 1 unspecified atom stereocenters. The van der Waals surface area contributed by atoms with Crippen molar-refractivity contribution in [1.29, 1.82) is 0 Å². The van der Waals surface area contributed by atoms with Crippen molar-refractivity contribution in [2.24, 2.45) is 0 Å². The molecule has 3 fully saturated rings. The van der Waals surface area contributed by atoms with Crippen molar-refractivity contribution in [3.8, 4) is 11.5 Å². The number of amides is 1. The first-order chi connectivity index (χ1) is 10.7. The van der Waals surface area contributed by atoms with Gasteiger partial charge in [-0.3, -0.25) is 14.6 Å². The van der Waals surface area contributed by atoms with Crippen LogP contribution in [0.3, 0.4) is 0 Å². The van der Waals surface area contributed by atoms with Gasteiger partial charge in [-0.25, -0.2) is 0 Å². The molecule has 22 heavy (non-hydrogen) atoms. The number of hydrogen-bond donors (Lipinski definition) is 1. The number of hydrogen-bond acceptors (Lipinski definition) is 5. The van der Waals surface area contributed by atoms with Crippen LogP contribution in [0.5, 0.6) is 11.5 Å². The molecule has 0 saturated carbocycles. The van der Waals surface area contributed by atoms with Gasteiger partial charge in [-0.2, -0.15) is 0 Å². The van der Waals surface area contributed by atoms with Crippen LogP contribution in [0.15, 0.2) is 18.2 Å². The Morgan fingerprint density at radius 1 is 1.14 bits per heavy atom. The Balaban J connectivity index is 1.62. The molecule has 4 rings (SSSR count). The molecule has 1 aromatic rings. The topological polar surface area (TPSA) is 54.0 Å². The summed E-state index contributed by atoms with van der Waals surface area (Å²) in [5, 5.41) is 3.04. The number of rotatable bonds is 5. The molecule has 0 radical (unpaired) electrons. The lowest BCUT2D eigenvalue weighted by Crippen LogP contribution is -2.63. The molecule has 3 aliphatic rings. The minimum absolute atomic E-state index is 0.0881. The Morgan fingerprint density at radius 2 is 1.77 bits per heavy atom. The largest absolute Gasteiger partial charge is 0.497 e. The van der Waals surface area contributed by atoms with Crippen LogP contribution in [0.1, 0.15) is 10.4 Å². The number of piperazine rings is 3. The molecule has 0 aromatic heterocycles. The van der Waals surface area contributed by atoms with E-state index in [9.17, 15) is 4.79 Å². The predicted molar refractivity (Wildman–Crippen MR) is 83.7 cm³/mol. The Bertz CT molecular complexity index is 519. The molecule has 1 atom stereocenters. The number of benzene rings is 1. The molecule has 1 aromatic carbocycles. The summed E-state index contributed by atoms with van der Waals surface area (Å²) in [7, 11) is 3.16. The van der Waals surface area contributed by atoms with Gasteiger partial charge in [0.2, 0.25) is 0 Å². The van der Waals surface area contributed by atoms with Gasteiger partial charge in [-0.05, 0) is 12.1 Å². The zero-order valence-electron chi connectivity index (χ0n) is 13.2. The molecule has 3 saturated heterocycles. The third-order valence-corrected chi connectivity index (χ3v) is 4.50. The summed E-state index contributed by atoms with van der Waals surface area (Å²) in [6.07, 6.45) is 0. The number of ether oxygens (including phenoxy) is 2. The smallest absolute Gasteiger partial charge is 0.251 e. The molecule has 6 nitrogen and oxygen atoms in total. The lowest BCUT2D eigenvalue weighted by Gasteiger charge is -2.47. The van der Waals surface area contributed by atoms with Gasteiger partial charge in [-0.1, -0.05) is 0 Å². The Morgan fingerprint density at radius 3 is 2.27 bits per heavy atom.